The summed E-state index contributed by atoms with van der Waals surface area (Å²) < 4.78 is 3.12. The van der Waals surface area contributed by atoms with Crippen LogP contribution < -0.4 is 0 Å². The summed E-state index contributed by atoms with van der Waals surface area (Å²) >= 11 is 3.62. The van der Waals surface area contributed by atoms with Crippen molar-refractivity contribution in [2.24, 2.45) is 0 Å². The van der Waals surface area contributed by atoms with E-state index < -0.39 is 0 Å². The number of benzene rings is 3. The highest BCUT2D eigenvalue weighted by Crippen LogP contribution is 2.35. The van der Waals surface area contributed by atoms with E-state index in [0.717, 1.165) is 49.6 Å². The molecule has 0 spiro atoms. The van der Waals surface area contributed by atoms with Crippen molar-refractivity contribution in [3.8, 4) is 16.9 Å². The van der Waals surface area contributed by atoms with E-state index >= 15 is 0 Å². The largest absolute Gasteiger partial charge is 0.255 e. The Morgan fingerprint density at radius 2 is 1.68 bits per heavy atom. The summed E-state index contributed by atoms with van der Waals surface area (Å²) in [5.74, 6) is 0. The Morgan fingerprint density at radius 3 is 2.50 bits per heavy atom. The number of aromatic nitrogens is 3. The topological polar surface area (TPSA) is 30.7 Å². The monoisotopic (exact) mass is 427 g/mol. The fraction of sp³-hybridized carbons (Fsp3) is 0.0833. The number of rotatable bonds is 3. The first kappa shape index (κ1) is 17.1. The van der Waals surface area contributed by atoms with Gasteiger partial charge in [-0.05, 0) is 36.2 Å². The lowest BCUT2D eigenvalue weighted by molar-refractivity contribution is 0.896. The van der Waals surface area contributed by atoms with E-state index in [2.05, 4.69) is 70.0 Å². The highest BCUT2D eigenvalue weighted by Gasteiger charge is 2.18. The Balaban J connectivity index is 1.95. The second-order valence-corrected chi connectivity index (χ2v) is 7.71. The van der Waals surface area contributed by atoms with Crippen molar-refractivity contribution in [3.63, 3.8) is 0 Å². The van der Waals surface area contributed by atoms with Gasteiger partial charge in [0.2, 0.25) is 0 Å². The van der Waals surface area contributed by atoms with E-state index in [0.29, 0.717) is 0 Å². The van der Waals surface area contributed by atoms with Gasteiger partial charge in [-0.3, -0.25) is 4.98 Å². The summed E-state index contributed by atoms with van der Waals surface area (Å²) in [5, 5.41) is 7.23. The molecule has 0 aliphatic heterocycles. The third kappa shape index (κ3) is 2.72. The zero-order chi connectivity index (χ0) is 19.1. The average molecular weight is 428 g/mol. The minimum Gasteiger partial charge on any atom is -0.255 e. The Hall–Kier alpha value is -2.98. The molecule has 28 heavy (non-hydrogen) atoms. The van der Waals surface area contributed by atoms with Crippen LogP contribution in [0.25, 0.3) is 38.8 Å². The van der Waals surface area contributed by atoms with Gasteiger partial charge in [0.05, 0.1) is 16.7 Å². The molecule has 0 bridgehead atoms. The quantitative estimate of drug-likeness (QED) is 0.326. The van der Waals surface area contributed by atoms with Crippen molar-refractivity contribution in [1.29, 1.82) is 0 Å². The molecule has 0 saturated carbocycles. The third-order valence-corrected chi connectivity index (χ3v) is 5.61. The Morgan fingerprint density at radius 1 is 0.893 bits per heavy atom. The number of para-hydroxylation sites is 1. The molecule has 136 valence electrons. The van der Waals surface area contributed by atoms with Crippen molar-refractivity contribution in [2.75, 3.05) is 0 Å². The Kier molecular flexibility index (Phi) is 4.21. The zero-order valence-corrected chi connectivity index (χ0v) is 17.0. The maximum Gasteiger partial charge on any atom is 0.102 e. The van der Waals surface area contributed by atoms with Crippen molar-refractivity contribution in [1.82, 2.24) is 14.8 Å². The van der Waals surface area contributed by atoms with Crippen LogP contribution in [0.2, 0.25) is 0 Å². The van der Waals surface area contributed by atoms with Crippen molar-refractivity contribution < 1.29 is 0 Å². The summed E-state index contributed by atoms with van der Waals surface area (Å²) in [6, 6.07) is 25.0. The summed E-state index contributed by atoms with van der Waals surface area (Å²) in [5.41, 5.74) is 6.49. The van der Waals surface area contributed by atoms with Crippen molar-refractivity contribution >= 4 is 37.7 Å². The predicted octanol–water partition coefficient (Wildman–Crippen LogP) is 6.57. The van der Waals surface area contributed by atoms with Gasteiger partial charge in [0.15, 0.2) is 0 Å². The summed E-state index contributed by atoms with van der Waals surface area (Å²) in [6.45, 7) is 2.18. The van der Waals surface area contributed by atoms with Crippen molar-refractivity contribution in [2.45, 2.75) is 13.3 Å². The summed E-state index contributed by atoms with van der Waals surface area (Å²) in [4.78, 5) is 4.71. The normalized spacial score (nSPS) is 11.4. The molecule has 0 unspecified atom stereocenters. The molecule has 5 aromatic rings. The first-order valence-corrected chi connectivity index (χ1v) is 10.2. The number of aryl methyl sites for hydroxylation is 1. The van der Waals surface area contributed by atoms with Crippen LogP contribution in [-0.2, 0) is 6.42 Å². The van der Waals surface area contributed by atoms with Gasteiger partial charge in [-0.2, -0.15) is 5.10 Å². The molecule has 0 aliphatic carbocycles. The number of nitrogens with zero attached hydrogens (tertiary/aromatic N) is 3. The second kappa shape index (κ2) is 6.88. The molecule has 0 atom stereocenters. The zero-order valence-electron chi connectivity index (χ0n) is 15.4. The standard InChI is InChI=1S/C24H18BrN3/c1-2-16-8-6-7-11-22(16)28-24-19-14-18(25)12-13-21(19)26-15-20(24)23(27-28)17-9-4-3-5-10-17/h3-15H,2H2,1H3. The Bertz CT molecular complexity index is 1310. The first-order valence-electron chi connectivity index (χ1n) is 9.37. The second-order valence-electron chi connectivity index (χ2n) is 6.79. The summed E-state index contributed by atoms with van der Waals surface area (Å²) in [7, 11) is 0. The van der Waals surface area contributed by atoms with Crippen LogP contribution in [-0.4, -0.2) is 14.8 Å². The van der Waals surface area contributed by atoms with Crippen LogP contribution in [0.3, 0.4) is 0 Å². The van der Waals surface area contributed by atoms with E-state index in [1.165, 1.54) is 5.56 Å². The number of halogens is 1. The smallest absolute Gasteiger partial charge is 0.102 e. The molecule has 0 N–H and O–H groups in total. The van der Waals surface area contributed by atoms with Crippen molar-refractivity contribution in [3.05, 3.63) is 89.0 Å². The van der Waals surface area contributed by atoms with Crippen LogP contribution in [0.15, 0.2) is 83.5 Å². The van der Waals surface area contributed by atoms with Crippen LogP contribution in [0.5, 0.6) is 0 Å². The SMILES string of the molecule is CCc1ccccc1-n1nc(-c2ccccc2)c2cnc3ccc(Br)cc3c21. The highest BCUT2D eigenvalue weighted by molar-refractivity contribution is 9.10. The van der Waals surface area contributed by atoms with Crippen LogP contribution in [0, 0.1) is 0 Å². The fourth-order valence-electron chi connectivity index (χ4n) is 3.76. The average Bonchev–Trinajstić information content (AvgIpc) is 3.14. The van der Waals surface area contributed by atoms with Gasteiger partial charge >= 0.3 is 0 Å². The highest BCUT2D eigenvalue weighted by atomic mass is 79.9. The predicted molar refractivity (Wildman–Crippen MR) is 119 cm³/mol. The van der Waals surface area contributed by atoms with E-state index in [9.17, 15) is 0 Å². The minimum absolute atomic E-state index is 0.949. The van der Waals surface area contributed by atoms with E-state index in [-0.39, 0.29) is 0 Å². The molecule has 0 saturated heterocycles. The third-order valence-electron chi connectivity index (χ3n) is 5.12. The van der Waals surface area contributed by atoms with Gasteiger partial charge in [-0.25, -0.2) is 4.68 Å². The van der Waals surface area contributed by atoms with Gasteiger partial charge in [0, 0.05) is 27.0 Å². The molecule has 4 heteroatoms. The molecule has 5 rings (SSSR count). The Labute approximate surface area is 171 Å². The van der Waals surface area contributed by atoms with E-state index in [1.807, 2.05) is 36.5 Å². The van der Waals surface area contributed by atoms with Crippen LogP contribution >= 0.6 is 15.9 Å². The molecular formula is C24H18BrN3. The number of pyridine rings is 1. The van der Waals surface area contributed by atoms with Crippen LogP contribution in [0.4, 0.5) is 0 Å². The molecule has 0 fully saturated rings. The lowest BCUT2D eigenvalue weighted by Crippen LogP contribution is -2.01. The summed E-state index contributed by atoms with van der Waals surface area (Å²) in [6.07, 6.45) is 2.90. The first-order chi connectivity index (χ1) is 13.8. The molecule has 0 aliphatic rings. The van der Waals surface area contributed by atoms with Crippen LogP contribution in [0.1, 0.15) is 12.5 Å². The number of hydrogen-bond donors (Lipinski definition) is 0. The maximum absolute atomic E-state index is 5.08. The number of fused-ring (bicyclic) bond motifs is 3. The van der Waals surface area contributed by atoms with Gasteiger partial charge in [0.25, 0.3) is 0 Å². The van der Waals surface area contributed by atoms with Gasteiger partial charge in [-0.15, -0.1) is 0 Å². The lowest BCUT2D eigenvalue weighted by Gasteiger charge is -2.10. The molecule has 2 heterocycles. The molecule has 0 radical (unpaired) electrons. The molecular weight excluding hydrogens is 410 g/mol. The fourth-order valence-corrected chi connectivity index (χ4v) is 4.12. The molecule has 0 amide bonds. The van der Waals surface area contributed by atoms with E-state index in [1.54, 1.807) is 0 Å². The van der Waals surface area contributed by atoms with Gasteiger partial charge in [-0.1, -0.05) is 71.4 Å². The van der Waals surface area contributed by atoms with E-state index in [4.69, 9.17) is 10.1 Å². The molecule has 3 nitrogen and oxygen atoms in total. The molecule has 2 aromatic heterocycles. The maximum atomic E-state index is 5.08. The van der Waals surface area contributed by atoms with Gasteiger partial charge in [0.1, 0.15) is 5.69 Å². The molecule has 3 aromatic carbocycles. The van der Waals surface area contributed by atoms with Gasteiger partial charge < -0.3 is 0 Å². The minimum atomic E-state index is 0.949. The number of hydrogen-bond acceptors (Lipinski definition) is 2. The lowest BCUT2D eigenvalue weighted by atomic mass is 10.1.